The zero-order valence-electron chi connectivity index (χ0n) is 14.0. The Morgan fingerprint density at radius 3 is 2.38 bits per heavy atom. The van der Waals surface area contributed by atoms with E-state index < -0.39 is 0 Å². The number of carbonyl (C=O) groups is 1. The number of phenols is 1. The van der Waals surface area contributed by atoms with Gasteiger partial charge in [0.1, 0.15) is 5.75 Å². The molecule has 0 radical (unpaired) electrons. The number of aryl methyl sites for hydroxylation is 1. The van der Waals surface area contributed by atoms with Gasteiger partial charge in [0, 0.05) is 25.7 Å². The predicted molar refractivity (Wildman–Crippen MR) is 86.3 cm³/mol. The number of nitrogens with one attached hydrogen (secondary N) is 1. The molecular weight excluding hydrogens is 264 g/mol. The molecule has 1 rings (SSSR count). The first-order chi connectivity index (χ1) is 9.72. The first kappa shape index (κ1) is 17.5. The summed E-state index contributed by atoms with van der Waals surface area (Å²) in [5, 5.41) is 13.4. The Morgan fingerprint density at radius 2 is 1.90 bits per heavy atom. The molecule has 0 aliphatic rings. The van der Waals surface area contributed by atoms with Crippen LogP contribution in [0.1, 0.15) is 44.4 Å². The summed E-state index contributed by atoms with van der Waals surface area (Å²) in [7, 11) is 3.54. The minimum absolute atomic E-state index is 0.0714. The van der Waals surface area contributed by atoms with E-state index in [9.17, 15) is 9.90 Å². The number of nitrogens with zero attached hydrogens (tertiary/aromatic N) is 1. The van der Waals surface area contributed by atoms with Gasteiger partial charge in [-0.3, -0.25) is 10.1 Å². The first-order valence-corrected chi connectivity index (χ1v) is 7.49. The maximum Gasteiger partial charge on any atom is 0.239 e. The second kappa shape index (κ2) is 7.46. The van der Waals surface area contributed by atoms with Crippen molar-refractivity contribution in [1.82, 2.24) is 10.2 Å². The molecule has 2 unspecified atom stereocenters. The van der Waals surface area contributed by atoms with Crippen LogP contribution in [0.3, 0.4) is 0 Å². The van der Waals surface area contributed by atoms with E-state index in [-0.39, 0.29) is 23.7 Å². The Kier molecular flexibility index (Phi) is 6.21. The van der Waals surface area contributed by atoms with Gasteiger partial charge in [-0.05, 0) is 37.8 Å². The van der Waals surface area contributed by atoms with E-state index in [0.717, 1.165) is 17.5 Å². The predicted octanol–water partition coefficient (Wildman–Crippen LogP) is 2.85. The van der Waals surface area contributed by atoms with Gasteiger partial charge in [-0.15, -0.1) is 0 Å². The monoisotopic (exact) mass is 292 g/mol. The average Bonchev–Trinajstić information content (AvgIpc) is 2.36. The van der Waals surface area contributed by atoms with Gasteiger partial charge >= 0.3 is 0 Å². The summed E-state index contributed by atoms with van der Waals surface area (Å²) in [6.45, 7) is 8.12. The van der Waals surface area contributed by atoms with Crippen LogP contribution in [0.2, 0.25) is 0 Å². The van der Waals surface area contributed by atoms with E-state index in [1.165, 1.54) is 0 Å². The molecule has 0 bridgehead atoms. The van der Waals surface area contributed by atoms with Crippen LogP contribution in [0, 0.1) is 12.8 Å². The number of phenolic OH excluding ortho intramolecular Hbond substituents is 1. The van der Waals surface area contributed by atoms with Crippen molar-refractivity contribution < 1.29 is 9.90 Å². The van der Waals surface area contributed by atoms with Crippen molar-refractivity contribution in [2.24, 2.45) is 5.92 Å². The minimum Gasteiger partial charge on any atom is -0.508 e. The molecule has 0 saturated heterocycles. The molecule has 118 valence electrons. The smallest absolute Gasteiger partial charge is 0.239 e. The molecule has 0 aromatic heterocycles. The SMILES string of the molecule is Cc1ccc(C(C)NC(CC(C)C)C(=O)N(C)C)c(O)c1. The van der Waals surface area contributed by atoms with Crippen LogP contribution < -0.4 is 5.32 Å². The number of amides is 1. The molecule has 0 aliphatic heterocycles. The molecule has 0 aliphatic carbocycles. The highest BCUT2D eigenvalue weighted by molar-refractivity contribution is 5.81. The summed E-state index contributed by atoms with van der Waals surface area (Å²) in [4.78, 5) is 13.9. The van der Waals surface area contributed by atoms with Crippen LogP contribution in [0.15, 0.2) is 18.2 Å². The van der Waals surface area contributed by atoms with Crippen LogP contribution in [0.5, 0.6) is 5.75 Å². The van der Waals surface area contributed by atoms with Gasteiger partial charge in [-0.25, -0.2) is 0 Å². The lowest BCUT2D eigenvalue weighted by atomic mass is 9.99. The lowest BCUT2D eigenvalue weighted by Gasteiger charge is -2.27. The van der Waals surface area contributed by atoms with Crippen LogP contribution in [0.4, 0.5) is 0 Å². The van der Waals surface area contributed by atoms with Gasteiger partial charge in [-0.2, -0.15) is 0 Å². The molecule has 4 heteroatoms. The lowest BCUT2D eigenvalue weighted by molar-refractivity contribution is -0.131. The fourth-order valence-corrected chi connectivity index (χ4v) is 2.43. The fraction of sp³-hybridized carbons (Fsp3) is 0.588. The maximum atomic E-state index is 12.3. The summed E-state index contributed by atoms with van der Waals surface area (Å²) in [6.07, 6.45) is 0.772. The van der Waals surface area contributed by atoms with Gasteiger partial charge in [-0.1, -0.05) is 26.0 Å². The van der Waals surface area contributed by atoms with Crippen molar-refractivity contribution in [3.05, 3.63) is 29.3 Å². The summed E-state index contributed by atoms with van der Waals surface area (Å²) in [5.74, 6) is 0.767. The topological polar surface area (TPSA) is 52.6 Å². The number of hydrogen-bond acceptors (Lipinski definition) is 3. The lowest BCUT2D eigenvalue weighted by Crippen LogP contribution is -2.45. The molecule has 4 nitrogen and oxygen atoms in total. The third kappa shape index (κ3) is 5.05. The molecule has 2 N–H and O–H groups in total. The first-order valence-electron chi connectivity index (χ1n) is 7.49. The van der Waals surface area contributed by atoms with E-state index in [0.29, 0.717) is 5.92 Å². The molecule has 0 heterocycles. The number of rotatable bonds is 6. The molecule has 0 spiro atoms. The fourth-order valence-electron chi connectivity index (χ4n) is 2.43. The van der Waals surface area contributed by atoms with Crippen molar-refractivity contribution in [2.75, 3.05) is 14.1 Å². The van der Waals surface area contributed by atoms with Gasteiger partial charge in [0.2, 0.25) is 5.91 Å². The number of aromatic hydroxyl groups is 1. The van der Waals surface area contributed by atoms with E-state index in [4.69, 9.17) is 0 Å². The molecule has 2 atom stereocenters. The Hall–Kier alpha value is -1.55. The van der Waals surface area contributed by atoms with Gasteiger partial charge < -0.3 is 10.0 Å². The summed E-state index contributed by atoms with van der Waals surface area (Å²) in [6, 6.07) is 5.31. The molecule has 1 aromatic carbocycles. The zero-order valence-corrected chi connectivity index (χ0v) is 14.0. The van der Waals surface area contributed by atoms with Gasteiger partial charge in [0.15, 0.2) is 0 Å². The van der Waals surface area contributed by atoms with Crippen LogP contribution in [-0.4, -0.2) is 36.1 Å². The Morgan fingerprint density at radius 1 is 1.29 bits per heavy atom. The Balaban J connectivity index is 2.89. The van der Waals surface area contributed by atoms with Crippen molar-refractivity contribution in [3.8, 4) is 5.75 Å². The molecule has 0 fully saturated rings. The summed E-state index contributed by atoms with van der Waals surface area (Å²) < 4.78 is 0. The van der Waals surface area contributed by atoms with E-state index in [1.807, 2.05) is 26.0 Å². The average molecular weight is 292 g/mol. The van der Waals surface area contributed by atoms with E-state index in [2.05, 4.69) is 19.2 Å². The van der Waals surface area contributed by atoms with Crippen LogP contribution >= 0.6 is 0 Å². The largest absolute Gasteiger partial charge is 0.508 e. The molecule has 21 heavy (non-hydrogen) atoms. The quantitative estimate of drug-likeness (QED) is 0.847. The van der Waals surface area contributed by atoms with E-state index >= 15 is 0 Å². The van der Waals surface area contributed by atoms with Crippen molar-refractivity contribution in [1.29, 1.82) is 0 Å². The van der Waals surface area contributed by atoms with Crippen molar-refractivity contribution >= 4 is 5.91 Å². The highest BCUT2D eigenvalue weighted by Crippen LogP contribution is 2.26. The summed E-state index contributed by atoms with van der Waals surface area (Å²) >= 11 is 0. The summed E-state index contributed by atoms with van der Waals surface area (Å²) in [5.41, 5.74) is 1.84. The minimum atomic E-state index is -0.240. The van der Waals surface area contributed by atoms with E-state index in [1.54, 1.807) is 25.1 Å². The standard InChI is InChI=1S/C17H28N2O2/c1-11(2)9-15(17(21)19(5)6)18-13(4)14-8-7-12(3)10-16(14)20/h7-8,10-11,13,15,18,20H,9H2,1-6H3. The maximum absolute atomic E-state index is 12.3. The molecular formula is C17H28N2O2. The molecule has 1 aromatic rings. The number of likely N-dealkylation sites (N-methyl/N-ethyl adjacent to an activating group) is 1. The van der Waals surface area contributed by atoms with Crippen molar-refractivity contribution in [3.63, 3.8) is 0 Å². The van der Waals surface area contributed by atoms with Gasteiger partial charge in [0.25, 0.3) is 0 Å². The Labute approximate surface area is 128 Å². The van der Waals surface area contributed by atoms with Crippen molar-refractivity contribution in [2.45, 2.75) is 46.2 Å². The zero-order chi connectivity index (χ0) is 16.2. The second-order valence-electron chi connectivity index (χ2n) is 6.37. The normalized spacial score (nSPS) is 14.0. The second-order valence-corrected chi connectivity index (χ2v) is 6.37. The van der Waals surface area contributed by atoms with Crippen LogP contribution in [0.25, 0.3) is 0 Å². The number of carbonyl (C=O) groups excluding carboxylic acids is 1. The molecule has 1 amide bonds. The third-order valence-corrected chi connectivity index (χ3v) is 3.55. The third-order valence-electron chi connectivity index (χ3n) is 3.55. The number of benzene rings is 1. The highest BCUT2D eigenvalue weighted by Gasteiger charge is 2.24. The molecule has 0 saturated carbocycles. The number of hydrogen-bond donors (Lipinski definition) is 2. The Bertz CT molecular complexity index is 484. The van der Waals surface area contributed by atoms with Gasteiger partial charge in [0.05, 0.1) is 6.04 Å². The highest BCUT2D eigenvalue weighted by atomic mass is 16.3. The van der Waals surface area contributed by atoms with Crippen LogP contribution in [-0.2, 0) is 4.79 Å².